The summed E-state index contributed by atoms with van der Waals surface area (Å²) in [5.41, 5.74) is 2.54. The van der Waals surface area contributed by atoms with Gasteiger partial charge in [-0.1, -0.05) is 32.0 Å². The molecule has 0 saturated carbocycles. The highest BCUT2D eigenvalue weighted by molar-refractivity contribution is 5.87. The van der Waals surface area contributed by atoms with Crippen LogP contribution in [-0.4, -0.2) is 10.9 Å². The van der Waals surface area contributed by atoms with Crippen molar-refractivity contribution < 1.29 is 9.21 Å². The standard InChI is InChI=1S/C21H22N2O3/c1-13(2)21(17-6-4-5-9-22-17)23-19(24)11-15-12-20(25)26-18-10-14(3)7-8-16(15)18/h4-10,12-13,21H,11H2,1-3H3,(H,23,24). The Morgan fingerprint density at radius 1 is 1.19 bits per heavy atom. The first-order chi connectivity index (χ1) is 12.4. The van der Waals surface area contributed by atoms with Crippen molar-refractivity contribution in [3.63, 3.8) is 0 Å². The number of hydrogen-bond donors (Lipinski definition) is 1. The number of rotatable bonds is 5. The number of nitrogens with zero attached hydrogens (tertiary/aromatic N) is 1. The second kappa shape index (κ2) is 7.52. The Hall–Kier alpha value is -2.95. The van der Waals surface area contributed by atoms with Crippen molar-refractivity contribution in [3.8, 4) is 0 Å². The van der Waals surface area contributed by atoms with E-state index in [-0.39, 0.29) is 24.3 Å². The van der Waals surface area contributed by atoms with Gasteiger partial charge in [0.05, 0.1) is 18.2 Å². The Labute approximate surface area is 152 Å². The molecular weight excluding hydrogens is 328 g/mol. The Morgan fingerprint density at radius 2 is 2.00 bits per heavy atom. The minimum atomic E-state index is -0.448. The molecule has 2 heterocycles. The van der Waals surface area contributed by atoms with Gasteiger partial charge in [-0.05, 0) is 42.2 Å². The molecule has 0 aliphatic rings. The van der Waals surface area contributed by atoms with Crippen LogP contribution in [0.4, 0.5) is 0 Å². The van der Waals surface area contributed by atoms with Crippen LogP contribution in [0.2, 0.25) is 0 Å². The van der Waals surface area contributed by atoms with Crippen LogP contribution in [-0.2, 0) is 11.2 Å². The molecule has 5 nitrogen and oxygen atoms in total. The van der Waals surface area contributed by atoms with Gasteiger partial charge in [0.2, 0.25) is 5.91 Å². The summed E-state index contributed by atoms with van der Waals surface area (Å²) < 4.78 is 5.26. The molecular formula is C21H22N2O3. The number of fused-ring (bicyclic) bond motifs is 1. The van der Waals surface area contributed by atoms with Gasteiger partial charge in [0.1, 0.15) is 5.58 Å². The predicted octanol–water partition coefficient (Wildman–Crippen LogP) is 3.55. The van der Waals surface area contributed by atoms with Crippen LogP contribution in [0.25, 0.3) is 11.0 Å². The van der Waals surface area contributed by atoms with E-state index in [0.29, 0.717) is 11.1 Å². The quantitative estimate of drug-likeness (QED) is 0.714. The van der Waals surface area contributed by atoms with Crippen LogP contribution in [0.3, 0.4) is 0 Å². The van der Waals surface area contributed by atoms with Crippen LogP contribution in [0.1, 0.15) is 36.7 Å². The maximum Gasteiger partial charge on any atom is 0.336 e. The molecule has 0 aliphatic carbocycles. The lowest BCUT2D eigenvalue weighted by Gasteiger charge is -2.22. The maximum absolute atomic E-state index is 12.7. The topological polar surface area (TPSA) is 72.2 Å². The van der Waals surface area contributed by atoms with E-state index < -0.39 is 5.63 Å². The van der Waals surface area contributed by atoms with Crippen LogP contribution in [0.5, 0.6) is 0 Å². The van der Waals surface area contributed by atoms with Gasteiger partial charge < -0.3 is 9.73 Å². The zero-order valence-electron chi connectivity index (χ0n) is 15.2. The average Bonchev–Trinajstić information content (AvgIpc) is 2.59. The molecule has 0 spiro atoms. The smallest absolute Gasteiger partial charge is 0.336 e. The molecule has 1 atom stereocenters. The van der Waals surface area contributed by atoms with E-state index in [2.05, 4.69) is 10.3 Å². The van der Waals surface area contributed by atoms with E-state index in [0.717, 1.165) is 16.6 Å². The number of pyridine rings is 1. The summed E-state index contributed by atoms with van der Waals surface area (Å²) in [4.78, 5) is 28.8. The van der Waals surface area contributed by atoms with Crippen molar-refractivity contribution in [2.75, 3.05) is 0 Å². The summed E-state index contributed by atoms with van der Waals surface area (Å²) in [6.45, 7) is 6.00. The van der Waals surface area contributed by atoms with E-state index in [4.69, 9.17) is 4.42 Å². The number of amides is 1. The number of carbonyl (C=O) groups is 1. The summed E-state index contributed by atoms with van der Waals surface area (Å²) in [6.07, 6.45) is 1.83. The Balaban J connectivity index is 1.86. The van der Waals surface area contributed by atoms with Crippen LogP contribution in [0.15, 0.2) is 57.9 Å². The van der Waals surface area contributed by atoms with Gasteiger partial charge in [0.25, 0.3) is 0 Å². The van der Waals surface area contributed by atoms with E-state index in [1.54, 1.807) is 6.20 Å². The summed E-state index contributed by atoms with van der Waals surface area (Å²) in [5.74, 6) is 0.0379. The predicted molar refractivity (Wildman–Crippen MR) is 101 cm³/mol. The van der Waals surface area contributed by atoms with Crippen molar-refractivity contribution in [2.45, 2.75) is 33.2 Å². The highest BCUT2D eigenvalue weighted by atomic mass is 16.4. The molecule has 0 bridgehead atoms. The first-order valence-electron chi connectivity index (χ1n) is 8.67. The van der Waals surface area contributed by atoms with Gasteiger partial charge in [-0.15, -0.1) is 0 Å². The third kappa shape index (κ3) is 3.99. The van der Waals surface area contributed by atoms with E-state index in [1.165, 1.54) is 6.07 Å². The number of aromatic nitrogens is 1. The minimum Gasteiger partial charge on any atom is -0.423 e. The van der Waals surface area contributed by atoms with Crippen molar-refractivity contribution >= 4 is 16.9 Å². The number of carbonyl (C=O) groups excluding carboxylic acids is 1. The van der Waals surface area contributed by atoms with Gasteiger partial charge in [-0.3, -0.25) is 9.78 Å². The summed E-state index contributed by atoms with van der Waals surface area (Å²) in [7, 11) is 0. The average molecular weight is 350 g/mol. The second-order valence-electron chi connectivity index (χ2n) is 6.81. The van der Waals surface area contributed by atoms with E-state index in [1.807, 2.05) is 57.2 Å². The molecule has 0 fully saturated rings. The summed E-state index contributed by atoms with van der Waals surface area (Å²) >= 11 is 0. The first kappa shape index (κ1) is 17.9. The molecule has 1 aromatic carbocycles. The number of nitrogens with one attached hydrogen (secondary N) is 1. The molecule has 0 aliphatic heterocycles. The first-order valence-corrected chi connectivity index (χ1v) is 8.67. The Kier molecular flexibility index (Phi) is 5.16. The largest absolute Gasteiger partial charge is 0.423 e. The molecule has 0 radical (unpaired) electrons. The van der Waals surface area contributed by atoms with Crippen molar-refractivity contribution in [2.24, 2.45) is 5.92 Å². The molecule has 1 N–H and O–H groups in total. The lowest BCUT2D eigenvalue weighted by molar-refractivity contribution is -0.121. The van der Waals surface area contributed by atoms with Gasteiger partial charge >= 0.3 is 5.63 Å². The van der Waals surface area contributed by atoms with Gasteiger partial charge in [0.15, 0.2) is 0 Å². The fourth-order valence-corrected chi connectivity index (χ4v) is 3.02. The molecule has 1 amide bonds. The lowest BCUT2D eigenvalue weighted by Crippen LogP contribution is -2.33. The fraction of sp³-hybridized carbons (Fsp3) is 0.286. The maximum atomic E-state index is 12.7. The summed E-state index contributed by atoms with van der Waals surface area (Å²) in [5, 5.41) is 3.82. The highest BCUT2D eigenvalue weighted by Crippen LogP contribution is 2.21. The van der Waals surface area contributed by atoms with Gasteiger partial charge in [0, 0.05) is 17.6 Å². The van der Waals surface area contributed by atoms with Crippen molar-refractivity contribution in [1.29, 1.82) is 0 Å². The third-order valence-corrected chi connectivity index (χ3v) is 4.33. The molecule has 134 valence electrons. The Bertz CT molecular complexity index is 977. The van der Waals surface area contributed by atoms with Crippen molar-refractivity contribution in [1.82, 2.24) is 10.3 Å². The number of benzene rings is 1. The SMILES string of the molecule is Cc1ccc2c(CC(=O)NC(c3ccccn3)C(C)C)cc(=O)oc2c1. The fourth-order valence-electron chi connectivity index (χ4n) is 3.02. The monoisotopic (exact) mass is 350 g/mol. The normalized spacial score (nSPS) is 12.3. The zero-order chi connectivity index (χ0) is 18.7. The molecule has 3 rings (SSSR count). The minimum absolute atomic E-state index is 0.112. The van der Waals surface area contributed by atoms with Crippen LogP contribution in [0, 0.1) is 12.8 Å². The highest BCUT2D eigenvalue weighted by Gasteiger charge is 2.20. The van der Waals surface area contributed by atoms with E-state index in [9.17, 15) is 9.59 Å². The number of hydrogen-bond acceptors (Lipinski definition) is 4. The van der Waals surface area contributed by atoms with E-state index >= 15 is 0 Å². The van der Waals surface area contributed by atoms with Gasteiger partial charge in [-0.2, -0.15) is 0 Å². The zero-order valence-corrected chi connectivity index (χ0v) is 15.2. The molecule has 5 heteroatoms. The second-order valence-corrected chi connectivity index (χ2v) is 6.81. The molecule has 2 aromatic heterocycles. The Morgan fingerprint density at radius 3 is 2.69 bits per heavy atom. The summed E-state index contributed by atoms with van der Waals surface area (Å²) in [6, 6.07) is 12.5. The number of aryl methyl sites for hydroxylation is 1. The van der Waals surface area contributed by atoms with Crippen molar-refractivity contribution in [3.05, 3.63) is 75.9 Å². The molecule has 1 unspecified atom stereocenters. The third-order valence-electron chi connectivity index (χ3n) is 4.33. The molecule has 3 aromatic rings. The lowest BCUT2D eigenvalue weighted by atomic mass is 9.99. The van der Waals surface area contributed by atoms with Gasteiger partial charge in [-0.25, -0.2) is 4.79 Å². The molecule has 26 heavy (non-hydrogen) atoms. The molecule has 0 saturated heterocycles. The van der Waals surface area contributed by atoms with Crippen LogP contribution < -0.4 is 10.9 Å². The van der Waals surface area contributed by atoms with Crippen LogP contribution >= 0.6 is 0 Å².